The van der Waals surface area contributed by atoms with Crippen molar-refractivity contribution in [3.63, 3.8) is 0 Å². The topological polar surface area (TPSA) is 18.5 Å². The minimum Gasteiger partial charge on any atom is -0.350 e. The monoisotopic (exact) mass is 216 g/mol. The Bertz CT molecular complexity index is 113. The lowest BCUT2D eigenvalue weighted by molar-refractivity contribution is -0.243. The summed E-state index contributed by atoms with van der Waals surface area (Å²) in [5.74, 6) is -0.304. The number of ether oxygens (including phenoxy) is 2. The van der Waals surface area contributed by atoms with Crippen molar-refractivity contribution >= 4 is 0 Å². The fourth-order valence-corrected chi connectivity index (χ4v) is 1.59. The van der Waals surface area contributed by atoms with Crippen molar-refractivity contribution in [2.24, 2.45) is 0 Å². The van der Waals surface area contributed by atoms with E-state index in [9.17, 15) is 0 Å². The molecule has 0 radical (unpaired) electrons. The molecule has 0 aromatic carbocycles. The van der Waals surface area contributed by atoms with Crippen LogP contribution < -0.4 is 0 Å². The van der Waals surface area contributed by atoms with E-state index in [-0.39, 0.29) is 5.79 Å². The summed E-state index contributed by atoms with van der Waals surface area (Å²) in [6, 6.07) is 0. The number of hydrogen-bond donors (Lipinski definition) is 0. The molecule has 0 saturated carbocycles. The van der Waals surface area contributed by atoms with Crippen molar-refractivity contribution in [1.82, 2.24) is 0 Å². The molecule has 0 bridgehead atoms. The van der Waals surface area contributed by atoms with E-state index in [1.54, 1.807) is 0 Å². The van der Waals surface area contributed by atoms with Crippen LogP contribution in [0.1, 0.15) is 66.2 Å². The first-order valence-electron chi connectivity index (χ1n) is 6.52. The minimum atomic E-state index is -0.304. The maximum atomic E-state index is 5.91. The summed E-state index contributed by atoms with van der Waals surface area (Å²) in [5.41, 5.74) is 0. The van der Waals surface area contributed by atoms with Crippen LogP contribution in [-0.2, 0) is 9.47 Å². The molecule has 0 aromatic heterocycles. The van der Waals surface area contributed by atoms with Crippen molar-refractivity contribution in [1.29, 1.82) is 0 Å². The highest BCUT2D eigenvalue weighted by atomic mass is 16.7. The maximum absolute atomic E-state index is 5.91. The first kappa shape index (κ1) is 14.9. The van der Waals surface area contributed by atoms with Crippen LogP contribution in [0.15, 0.2) is 0 Å². The molecule has 0 spiro atoms. The molecule has 2 nitrogen and oxygen atoms in total. The lowest BCUT2D eigenvalue weighted by atomic mass is 10.1. The third kappa shape index (κ3) is 6.16. The van der Waals surface area contributed by atoms with E-state index in [1.807, 2.05) is 0 Å². The third-order valence-corrected chi connectivity index (χ3v) is 2.59. The average Bonchev–Trinajstić information content (AvgIpc) is 2.29. The zero-order valence-electron chi connectivity index (χ0n) is 11.0. The molecule has 2 heteroatoms. The molecular weight excluding hydrogens is 188 g/mol. The van der Waals surface area contributed by atoms with E-state index in [0.717, 1.165) is 38.9 Å². The van der Waals surface area contributed by atoms with E-state index in [2.05, 4.69) is 27.7 Å². The van der Waals surface area contributed by atoms with Crippen molar-refractivity contribution in [2.45, 2.75) is 72.0 Å². The fraction of sp³-hybridized carbons (Fsp3) is 1.00. The maximum Gasteiger partial charge on any atom is 0.168 e. The summed E-state index contributed by atoms with van der Waals surface area (Å²) >= 11 is 0. The molecule has 0 fully saturated rings. The van der Waals surface area contributed by atoms with E-state index >= 15 is 0 Å². The van der Waals surface area contributed by atoms with Crippen molar-refractivity contribution in [2.75, 3.05) is 13.2 Å². The fourth-order valence-electron chi connectivity index (χ4n) is 1.59. The second kappa shape index (κ2) is 9.17. The van der Waals surface area contributed by atoms with Gasteiger partial charge in [0.2, 0.25) is 0 Å². The highest BCUT2D eigenvalue weighted by Crippen LogP contribution is 2.25. The second-order valence-corrected chi connectivity index (χ2v) is 4.06. The quantitative estimate of drug-likeness (QED) is 0.511. The molecule has 0 aromatic rings. The van der Waals surface area contributed by atoms with E-state index < -0.39 is 0 Å². The van der Waals surface area contributed by atoms with Gasteiger partial charge in [-0.1, -0.05) is 34.1 Å². The van der Waals surface area contributed by atoms with Gasteiger partial charge in [-0.05, 0) is 25.7 Å². The molecule has 0 aliphatic rings. The number of unbranched alkanes of at least 4 members (excludes halogenated alkanes) is 1. The smallest absolute Gasteiger partial charge is 0.168 e. The predicted molar refractivity (Wildman–Crippen MR) is 65.0 cm³/mol. The molecular formula is C13H28O2. The molecule has 0 heterocycles. The molecule has 0 unspecified atom stereocenters. The van der Waals surface area contributed by atoms with Crippen LogP contribution in [0.2, 0.25) is 0 Å². The zero-order chi connectivity index (χ0) is 11.6. The Morgan fingerprint density at radius 1 is 0.800 bits per heavy atom. The largest absolute Gasteiger partial charge is 0.350 e. The Labute approximate surface area is 95.3 Å². The minimum absolute atomic E-state index is 0.304. The Morgan fingerprint density at radius 2 is 1.33 bits per heavy atom. The van der Waals surface area contributed by atoms with Crippen LogP contribution in [0, 0.1) is 0 Å². The second-order valence-electron chi connectivity index (χ2n) is 4.06. The van der Waals surface area contributed by atoms with Gasteiger partial charge in [-0.2, -0.15) is 0 Å². The molecule has 92 valence electrons. The van der Waals surface area contributed by atoms with Crippen molar-refractivity contribution < 1.29 is 9.47 Å². The van der Waals surface area contributed by atoms with Crippen molar-refractivity contribution in [3.05, 3.63) is 0 Å². The number of rotatable bonds is 10. The normalized spacial score (nSPS) is 12.0. The lowest BCUT2D eigenvalue weighted by Gasteiger charge is -2.33. The number of hydrogen-bond acceptors (Lipinski definition) is 2. The molecule has 0 atom stereocenters. The van der Waals surface area contributed by atoms with Gasteiger partial charge in [0.25, 0.3) is 0 Å². The van der Waals surface area contributed by atoms with Crippen LogP contribution in [0.5, 0.6) is 0 Å². The summed E-state index contributed by atoms with van der Waals surface area (Å²) in [6.45, 7) is 10.3. The highest BCUT2D eigenvalue weighted by Gasteiger charge is 2.28. The Hall–Kier alpha value is -0.0800. The molecule has 0 saturated heterocycles. The lowest BCUT2D eigenvalue weighted by Crippen LogP contribution is -2.36. The van der Waals surface area contributed by atoms with E-state index in [0.29, 0.717) is 0 Å². The Balaban J connectivity index is 4.16. The molecule has 0 N–H and O–H groups in total. The molecule has 15 heavy (non-hydrogen) atoms. The van der Waals surface area contributed by atoms with E-state index in [4.69, 9.17) is 9.47 Å². The summed E-state index contributed by atoms with van der Waals surface area (Å²) in [7, 11) is 0. The van der Waals surface area contributed by atoms with Crippen LogP contribution in [-0.4, -0.2) is 19.0 Å². The summed E-state index contributed by atoms with van der Waals surface area (Å²) < 4.78 is 11.8. The van der Waals surface area contributed by atoms with Gasteiger partial charge in [-0.25, -0.2) is 0 Å². The Morgan fingerprint density at radius 3 is 1.67 bits per heavy atom. The van der Waals surface area contributed by atoms with Crippen molar-refractivity contribution in [3.8, 4) is 0 Å². The third-order valence-electron chi connectivity index (χ3n) is 2.59. The molecule has 0 rings (SSSR count). The van der Waals surface area contributed by atoms with Gasteiger partial charge >= 0.3 is 0 Å². The predicted octanol–water partition coefficient (Wildman–Crippen LogP) is 4.14. The van der Waals surface area contributed by atoms with Gasteiger partial charge in [-0.3, -0.25) is 0 Å². The van der Waals surface area contributed by atoms with Gasteiger partial charge in [0.1, 0.15) is 0 Å². The summed E-state index contributed by atoms with van der Waals surface area (Å²) in [5, 5.41) is 0. The van der Waals surface area contributed by atoms with Gasteiger partial charge in [0.15, 0.2) is 5.79 Å². The van der Waals surface area contributed by atoms with Crippen LogP contribution in [0.25, 0.3) is 0 Å². The van der Waals surface area contributed by atoms with Gasteiger partial charge in [0.05, 0.1) is 0 Å². The summed E-state index contributed by atoms with van der Waals surface area (Å²) in [6.07, 6.45) is 6.48. The SMILES string of the molecule is CCCCC(CC)(OCCC)OCCC. The van der Waals surface area contributed by atoms with Gasteiger partial charge in [-0.15, -0.1) is 0 Å². The van der Waals surface area contributed by atoms with Crippen LogP contribution in [0.4, 0.5) is 0 Å². The van der Waals surface area contributed by atoms with E-state index in [1.165, 1.54) is 12.8 Å². The van der Waals surface area contributed by atoms with Crippen LogP contribution in [0.3, 0.4) is 0 Å². The molecule has 0 amide bonds. The summed E-state index contributed by atoms with van der Waals surface area (Å²) in [4.78, 5) is 0. The highest BCUT2D eigenvalue weighted by molar-refractivity contribution is 4.68. The molecule has 0 aliphatic carbocycles. The first-order chi connectivity index (χ1) is 7.24. The van der Waals surface area contributed by atoms with Crippen LogP contribution >= 0.6 is 0 Å². The Kier molecular flexibility index (Phi) is 9.12. The van der Waals surface area contributed by atoms with Gasteiger partial charge in [0, 0.05) is 19.6 Å². The first-order valence-corrected chi connectivity index (χ1v) is 6.52. The standard InChI is InChI=1S/C13H28O2/c1-5-9-10-13(8-4,14-11-6-2)15-12-7-3/h5-12H2,1-4H3. The average molecular weight is 216 g/mol. The zero-order valence-corrected chi connectivity index (χ0v) is 11.0. The van der Waals surface area contributed by atoms with Gasteiger partial charge < -0.3 is 9.47 Å². The molecule has 0 aliphatic heterocycles.